The zero-order valence-electron chi connectivity index (χ0n) is 13.9. The lowest BCUT2D eigenvalue weighted by atomic mass is 9.95. The summed E-state index contributed by atoms with van der Waals surface area (Å²) in [5, 5.41) is 8.20. The van der Waals surface area contributed by atoms with E-state index in [2.05, 4.69) is 22.1 Å². The number of hydrogen-bond acceptors (Lipinski definition) is 2. The number of carbonyl (C=O) groups excluding carboxylic acids is 1. The number of thiophene rings is 1. The van der Waals surface area contributed by atoms with Crippen LogP contribution in [0.2, 0.25) is 0 Å². The van der Waals surface area contributed by atoms with Crippen molar-refractivity contribution in [3.8, 4) is 0 Å². The molecule has 1 aromatic heterocycles. The van der Waals surface area contributed by atoms with E-state index in [1.54, 1.807) is 10.4 Å². The van der Waals surface area contributed by atoms with Crippen molar-refractivity contribution < 1.29 is 4.79 Å². The summed E-state index contributed by atoms with van der Waals surface area (Å²) in [7, 11) is 0. The molecule has 0 spiro atoms. The van der Waals surface area contributed by atoms with Gasteiger partial charge in [-0.1, -0.05) is 12.1 Å². The first kappa shape index (κ1) is 16.1. The van der Waals surface area contributed by atoms with Crippen LogP contribution in [0.5, 0.6) is 0 Å². The average Bonchev–Trinajstić information content (AvgIpc) is 2.94. The van der Waals surface area contributed by atoms with Crippen LogP contribution in [0.1, 0.15) is 40.0 Å². The molecule has 1 aliphatic carbocycles. The normalized spacial score (nSPS) is 13.5. The van der Waals surface area contributed by atoms with E-state index in [1.807, 2.05) is 37.3 Å². The molecule has 3 rings (SSSR count). The number of aryl methyl sites for hydroxylation is 3. The minimum atomic E-state index is -0.122. The smallest absolute Gasteiger partial charge is 0.319 e. The topological polar surface area (TPSA) is 41.1 Å². The van der Waals surface area contributed by atoms with Crippen LogP contribution in [0.4, 0.5) is 10.5 Å². The molecule has 0 radical (unpaired) electrons. The highest BCUT2D eigenvalue weighted by Gasteiger charge is 2.15. The number of amides is 2. The first-order valence-electron chi connectivity index (χ1n) is 8.33. The Morgan fingerprint density at radius 2 is 2.04 bits per heavy atom. The molecule has 122 valence electrons. The molecule has 4 heteroatoms. The summed E-state index contributed by atoms with van der Waals surface area (Å²) >= 11 is 1.89. The van der Waals surface area contributed by atoms with Gasteiger partial charge in [0.15, 0.2) is 0 Å². The number of hydrogen-bond donors (Lipinski definition) is 2. The number of urea groups is 1. The Morgan fingerprint density at radius 3 is 2.91 bits per heavy atom. The van der Waals surface area contributed by atoms with E-state index < -0.39 is 0 Å². The lowest BCUT2D eigenvalue weighted by Crippen LogP contribution is -2.30. The molecule has 0 atom stereocenters. The third-order valence-corrected chi connectivity index (χ3v) is 5.61. The van der Waals surface area contributed by atoms with E-state index in [4.69, 9.17) is 0 Å². The molecular weight excluding hydrogens is 304 g/mol. The number of rotatable bonds is 4. The van der Waals surface area contributed by atoms with Gasteiger partial charge in [0.2, 0.25) is 0 Å². The van der Waals surface area contributed by atoms with Crippen LogP contribution in [0.3, 0.4) is 0 Å². The molecule has 0 unspecified atom stereocenters. The third kappa shape index (κ3) is 3.94. The van der Waals surface area contributed by atoms with Crippen molar-refractivity contribution in [1.29, 1.82) is 0 Å². The minimum Gasteiger partial charge on any atom is -0.338 e. The largest absolute Gasteiger partial charge is 0.338 e. The SMILES string of the molecule is Cc1ccc(C)c(NC(=O)NCCc2csc3c2CCCC3)c1. The quantitative estimate of drug-likeness (QED) is 0.845. The lowest BCUT2D eigenvalue weighted by molar-refractivity contribution is 0.252. The summed E-state index contributed by atoms with van der Waals surface area (Å²) < 4.78 is 0. The minimum absolute atomic E-state index is 0.122. The molecule has 1 aliphatic rings. The summed E-state index contributed by atoms with van der Waals surface area (Å²) in [6.07, 6.45) is 6.00. The average molecular weight is 328 g/mol. The summed E-state index contributed by atoms with van der Waals surface area (Å²) in [6, 6.07) is 5.97. The number of anilines is 1. The van der Waals surface area contributed by atoms with Crippen LogP contribution in [-0.2, 0) is 19.3 Å². The second kappa shape index (κ2) is 7.18. The Kier molecular flexibility index (Phi) is 5.01. The number of carbonyl (C=O) groups is 1. The maximum absolute atomic E-state index is 12.1. The number of fused-ring (bicyclic) bond motifs is 1. The zero-order valence-corrected chi connectivity index (χ0v) is 14.7. The van der Waals surface area contributed by atoms with E-state index in [0.29, 0.717) is 6.54 Å². The molecule has 23 heavy (non-hydrogen) atoms. The van der Waals surface area contributed by atoms with Crippen LogP contribution in [0.15, 0.2) is 23.6 Å². The van der Waals surface area contributed by atoms with Crippen LogP contribution >= 0.6 is 11.3 Å². The van der Waals surface area contributed by atoms with Gasteiger partial charge < -0.3 is 10.6 Å². The Hall–Kier alpha value is -1.81. The van der Waals surface area contributed by atoms with Crippen molar-refractivity contribution in [2.24, 2.45) is 0 Å². The van der Waals surface area contributed by atoms with E-state index in [1.165, 1.54) is 31.2 Å². The Bertz CT molecular complexity index is 705. The molecule has 0 bridgehead atoms. The van der Waals surface area contributed by atoms with Gasteiger partial charge in [0.25, 0.3) is 0 Å². The van der Waals surface area contributed by atoms with E-state index >= 15 is 0 Å². The van der Waals surface area contributed by atoms with Crippen molar-refractivity contribution >= 4 is 23.1 Å². The predicted octanol–water partition coefficient (Wildman–Crippen LogP) is 4.61. The van der Waals surface area contributed by atoms with Crippen molar-refractivity contribution in [2.45, 2.75) is 46.0 Å². The van der Waals surface area contributed by atoms with Gasteiger partial charge in [0, 0.05) is 17.1 Å². The van der Waals surface area contributed by atoms with Gasteiger partial charge in [-0.3, -0.25) is 0 Å². The molecule has 3 nitrogen and oxygen atoms in total. The van der Waals surface area contributed by atoms with Gasteiger partial charge in [-0.05, 0) is 79.7 Å². The van der Waals surface area contributed by atoms with Crippen LogP contribution in [-0.4, -0.2) is 12.6 Å². The predicted molar refractivity (Wildman–Crippen MR) is 97.6 cm³/mol. The molecule has 2 N–H and O–H groups in total. The van der Waals surface area contributed by atoms with Crippen molar-refractivity contribution in [2.75, 3.05) is 11.9 Å². The molecule has 2 amide bonds. The van der Waals surface area contributed by atoms with Gasteiger partial charge in [0.1, 0.15) is 0 Å². The Morgan fingerprint density at radius 1 is 1.22 bits per heavy atom. The summed E-state index contributed by atoms with van der Waals surface area (Å²) in [5.74, 6) is 0. The fourth-order valence-electron chi connectivity index (χ4n) is 3.12. The Balaban J connectivity index is 1.51. The van der Waals surface area contributed by atoms with Gasteiger partial charge in [-0.2, -0.15) is 0 Å². The second-order valence-electron chi connectivity index (χ2n) is 6.32. The fourth-order valence-corrected chi connectivity index (χ4v) is 4.30. The summed E-state index contributed by atoms with van der Waals surface area (Å²) in [4.78, 5) is 13.6. The molecule has 0 saturated carbocycles. The van der Waals surface area contributed by atoms with E-state index in [9.17, 15) is 4.79 Å². The molecule has 2 aromatic rings. The maximum atomic E-state index is 12.1. The molecule has 0 fully saturated rings. The zero-order chi connectivity index (χ0) is 16.2. The summed E-state index contributed by atoms with van der Waals surface area (Å²) in [6.45, 7) is 4.72. The maximum Gasteiger partial charge on any atom is 0.319 e. The monoisotopic (exact) mass is 328 g/mol. The van der Waals surface area contributed by atoms with Crippen LogP contribution in [0.25, 0.3) is 0 Å². The number of nitrogens with one attached hydrogen (secondary N) is 2. The first-order chi connectivity index (χ1) is 11.1. The van der Waals surface area contributed by atoms with Crippen molar-refractivity contribution in [3.05, 3.63) is 50.7 Å². The lowest BCUT2D eigenvalue weighted by Gasteiger charge is -2.13. The molecule has 1 aromatic carbocycles. The fraction of sp³-hybridized carbons (Fsp3) is 0.421. The Labute approximate surface area is 142 Å². The van der Waals surface area contributed by atoms with Crippen molar-refractivity contribution in [3.63, 3.8) is 0 Å². The van der Waals surface area contributed by atoms with Gasteiger partial charge in [-0.25, -0.2) is 4.79 Å². The molecular formula is C19H24N2OS. The third-order valence-electron chi connectivity index (χ3n) is 4.47. The van der Waals surface area contributed by atoms with Crippen LogP contribution < -0.4 is 10.6 Å². The molecule has 0 saturated heterocycles. The van der Waals surface area contributed by atoms with Gasteiger partial charge in [0.05, 0.1) is 0 Å². The van der Waals surface area contributed by atoms with Crippen molar-refractivity contribution in [1.82, 2.24) is 5.32 Å². The van der Waals surface area contributed by atoms with Crippen LogP contribution in [0, 0.1) is 13.8 Å². The van der Waals surface area contributed by atoms with Gasteiger partial charge in [-0.15, -0.1) is 11.3 Å². The standard InChI is InChI=1S/C19H24N2OS/c1-13-7-8-14(2)17(11-13)21-19(22)20-10-9-15-12-23-18-6-4-3-5-16(15)18/h7-8,11-12H,3-6,9-10H2,1-2H3,(H2,20,21,22). The highest BCUT2D eigenvalue weighted by Crippen LogP contribution is 2.30. The van der Waals surface area contributed by atoms with E-state index in [-0.39, 0.29) is 6.03 Å². The number of benzene rings is 1. The molecule has 0 aliphatic heterocycles. The van der Waals surface area contributed by atoms with E-state index in [0.717, 1.165) is 23.2 Å². The first-order valence-corrected chi connectivity index (χ1v) is 9.21. The summed E-state index contributed by atoms with van der Waals surface area (Å²) in [5.41, 5.74) is 6.10. The van der Waals surface area contributed by atoms with Gasteiger partial charge >= 0.3 is 6.03 Å². The molecule has 1 heterocycles. The highest BCUT2D eigenvalue weighted by molar-refractivity contribution is 7.10. The highest BCUT2D eigenvalue weighted by atomic mass is 32.1. The second-order valence-corrected chi connectivity index (χ2v) is 7.28.